The van der Waals surface area contributed by atoms with Crippen molar-refractivity contribution in [1.82, 2.24) is 4.90 Å². The van der Waals surface area contributed by atoms with Crippen molar-refractivity contribution >= 4 is 11.9 Å². The molecular weight excluding hydrogens is 266 g/mol. The van der Waals surface area contributed by atoms with Gasteiger partial charge in [-0.15, -0.1) is 0 Å². The van der Waals surface area contributed by atoms with Crippen molar-refractivity contribution < 1.29 is 14.7 Å². The van der Waals surface area contributed by atoms with Gasteiger partial charge in [-0.2, -0.15) is 0 Å². The summed E-state index contributed by atoms with van der Waals surface area (Å²) in [5.74, 6) is -1.09. The van der Waals surface area contributed by atoms with Crippen molar-refractivity contribution in [2.45, 2.75) is 51.5 Å². The number of carboxylic acids is 1. The third-order valence-corrected chi connectivity index (χ3v) is 4.05. The van der Waals surface area contributed by atoms with Gasteiger partial charge >= 0.3 is 5.97 Å². The van der Waals surface area contributed by atoms with E-state index in [0.29, 0.717) is 18.5 Å². The average molecular weight is 289 g/mol. The number of aliphatic carboxylic acids is 1. The summed E-state index contributed by atoms with van der Waals surface area (Å²) in [4.78, 5) is 25.3. The number of benzene rings is 1. The lowest BCUT2D eigenvalue weighted by molar-refractivity contribution is -0.143. The number of hydrogen-bond donors (Lipinski definition) is 1. The topological polar surface area (TPSA) is 57.6 Å². The summed E-state index contributed by atoms with van der Waals surface area (Å²) < 4.78 is 0. The first-order valence-electron chi connectivity index (χ1n) is 7.45. The lowest BCUT2D eigenvalue weighted by Crippen LogP contribution is -2.47. The first-order chi connectivity index (χ1) is 9.80. The highest BCUT2D eigenvalue weighted by Gasteiger charge is 2.32. The van der Waals surface area contributed by atoms with E-state index in [0.717, 1.165) is 18.4 Å². The first-order valence-corrected chi connectivity index (χ1v) is 7.45. The zero-order valence-electron chi connectivity index (χ0n) is 12.9. The molecule has 0 bridgehead atoms. The standard InChI is InChI=1S/C17H23NO3/c1-17(2,3)13-9-7-12(8-10-13)15(19)18-11-5-4-6-14(18)16(20)21/h7-10,14H,4-6,11H2,1-3H3,(H,20,21). The SMILES string of the molecule is CC(C)(C)c1ccc(C(=O)N2CCCCC2C(=O)O)cc1. The predicted molar refractivity (Wildman–Crippen MR) is 81.5 cm³/mol. The van der Waals surface area contributed by atoms with Crippen molar-refractivity contribution in [1.29, 1.82) is 0 Å². The molecule has 1 fully saturated rings. The number of carboxylic acid groups (broad SMARTS) is 1. The molecule has 0 radical (unpaired) electrons. The van der Waals surface area contributed by atoms with E-state index in [-0.39, 0.29) is 11.3 Å². The maximum absolute atomic E-state index is 12.5. The van der Waals surface area contributed by atoms with E-state index >= 15 is 0 Å². The van der Waals surface area contributed by atoms with Gasteiger partial charge in [0.25, 0.3) is 5.91 Å². The summed E-state index contributed by atoms with van der Waals surface area (Å²) in [6.07, 6.45) is 2.28. The molecule has 1 saturated heterocycles. The number of nitrogens with zero attached hydrogens (tertiary/aromatic N) is 1. The van der Waals surface area contributed by atoms with Gasteiger partial charge in [0.05, 0.1) is 0 Å². The Morgan fingerprint density at radius 2 is 1.76 bits per heavy atom. The molecular formula is C17H23NO3. The number of carbonyl (C=O) groups is 2. The third kappa shape index (κ3) is 3.43. The van der Waals surface area contributed by atoms with Gasteiger partial charge in [-0.05, 0) is 42.4 Å². The van der Waals surface area contributed by atoms with Crippen LogP contribution >= 0.6 is 0 Å². The van der Waals surface area contributed by atoms with E-state index < -0.39 is 12.0 Å². The second-order valence-corrected chi connectivity index (χ2v) is 6.68. The molecule has 1 aromatic carbocycles. The number of piperidine rings is 1. The van der Waals surface area contributed by atoms with Crippen molar-refractivity contribution in [2.24, 2.45) is 0 Å². The molecule has 4 nitrogen and oxygen atoms in total. The Kier molecular flexibility index (Phi) is 4.35. The Morgan fingerprint density at radius 3 is 2.29 bits per heavy atom. The average Bonchev–Trinajstić information content (AvgIpc) is 2.45. The van der Waals surface area contributed by atoms with Crippen LogP contribution in [0.3, 0.4) is 0 Å². The number of hydrogen-bond acceptors (Lipinski definition) is 2. The van der Waals surface area contributed by atoms with Crippen LogP contribution in [-0.4, -0.2) is 34.5 Å². The number of rotatable bonds is 2. The number of carbonyl (C=O) groups excluding carboxylic acids is 1. The second kappa shape index (κ2) is 5.88. The molecule has 2 rings (SSSR count). The van der Waals surface area contributed by atoms with Crippen LogP contribution in [0.5, 0.6) is 0 Å². The molecule has 114 valence electrons. The van der Waals surface area contributed by atoms with Crippen LogP contribution in [0.2, 0.25) is 0 Å². The summed E-state index contributed by atoms with van der Waals surface area (Å²) in [5.41, 5.74) is 1.76. The van der Waals surface area contributed by atoms with E-state index in [9.17, 15) is 14.7 Å². The molecule has 1 N–H and O–H groups in total. The Morgan fingerprint density at radius 1 is 1.14 bits per heavy atom. The summed E-state index contributed by atoms with van der Waals surface area (Å²) in [6.45, 7) is 6.88. The molecule has 1 amide bonds. The fourth-order valence-electron chi connectivity index (χ4n) is 2.71. The highest BCUT2D eigenvalue weighted by molar-refractivity contribution is 5.96. The first kappa shape index (κ1) is 15.5. The monoisotopic (exact) mass is 289 g/mol. The summed E-state index contributed by atoms with van der Waals surface area (Å²) in [5, 5.41) is 9.26. The zero-order chi connectivity index (χ0) is 15.6. The fraction of sp³-hybridized carbons (Fsp3) is 0.529. The molecule has 1 heterocycles. The van der Waals surface area contributed by atoms with Crippen molar-refractivity contribution in [2.75, 3.05) is 6.54 Å². The van der Waals surface area contributed by atoms with E-state index in [4.69, 9.17) is 0 Å². The van der Waals surface area contributed by atoms with Gasteiger partial charge in [0.15, 0.2) is 0 Å². The largest absolute Gasteiger partial charge is 0.480 e. The minimum atomic E-state index is -0.908. The van der Waals surface area contributed by atoms with E-state index in [2.05, 4.69) is 20.8 Å². The Hall–Kier alpha value is -1.84. The van der Waals surface area contributed by atoms with Crippen molar-refractivity contribution in [3.8, 4) is 0 Å². The maximum Gasteiger partial charge on any atom is 0.326 e. The van der Waals surface area contributed by atoms with E-state index in [1.54, 1.807) is 12.1 Å². The van der Waals surface area contributed by atoms with Crippen molar-refractivity contribution in [3.05, 3.63) is 35.4 Å². The fourth-order valence-corrected chi connectivity index (χ4v) is 2.71. The smallest absolute Gasteiger partial charge is 0.326 e. The molecule has 0 saturated carbocycles. The van der Waals surface area contributed by atoms with E-state index in [1.165, 1.54) is 4.90 Å². The molecule has 1 aliphatic heterocycles. The molecule has 1 atom stereocenters. The molecule has 1 aliphatic rings. The normalized spacial score (nSPS) is 19.4. The Labute approximate surface area is 125 Å². The van der Waals surface area contributed by atoms with Gasteiger partial charge in [0.1, 0.15) is 6.04 Å². The van der Waals surface area contributed by atoms with Gasteiger partial charge < -0.3 is 10.0 Å². The quantitative estimate of drug-likeness (QED) is 0.910. The minimum absolute atomic E-state index is 0.0380. The summed E-state index contributed by atoms with van der Waals surface area (Å²) >= 11 is 0. The maximum atomic E-state index is 12.5. The molecule has 1 unspecified atom stereocenters. The van der Waals surface area contributed by atoms with Gasteiger partial charge in [-0.3, -0.25) is 4.79 Å². The van der Waals surface area contributed by atoms with Crippen LogP contribution in [0.1, 0.15) is 56.0 Å². The molecule has 0 aromatic heterocycles. The van der Waals surface area contributed by atoms with Crippen LogP contribution in [-0.2, 0) is 10.2 Å². The molecule has 1 aromatic rings. The number of likely N-dealkylation sites (tertiary alicyclic amines) is 1. The lowest BCUT2D eigenvalue weighted by atomic mass is 9.86. The summed E-state index contributed by atoms with van der Waals surface area (Å²) in [6, 6.07) is 6.82. The molecule has 0 spiro atoms. The second-order valence-electron chi connectivity index (χ2n) is 6.68. The number of amides is 1. The van der Waals surface area contributed by atoms with E-state index in [1.807, 2.05) is 12.1 Å². The summed E-state index contributed by atoms with van der Waals surface area (Å²) in [7, 11) is 0. The Balaban J connectivity index is 2.20. The molecule has 4 heteroatoms. The highest BCUT2D eigenvalue weighted by Crippen LogP contribution is 2.24. The van der Waals surface area contributed by atoms with Crippen LogP contribution in [0.25, 0.3) is 0 Å². The van der Waals surface area contributed by atoms with Crippen LogP contribution in [0.4, 0.5) is 0 Å². The van der Waals surface area contributed by atoms with Gasteiger partial charge in [-0.1, -0.05) is 32.9 Å². The van der Waals surface area contributed by atoms with Gasteiger partial charge in [-0.25, -0.2) is 4.79 Å². The van der Waals surface area contributed by atoms with Crippen LogP contribution in [0, 0.1) is 0 Å². The zero-order valence-corrected chi connectivity index (χ0v) is 12.9. The third-order valence-electron chi connectivity index (χ3n) is 4.05. The lowest BCUT2D eigenvalue weighted by Gasteiger charge is -2.33. The van der Waals surface area contributed by atoms with Crippen molar-refractivity contribution in [3.63, 3.8) is 0 Å². The van der Waals surface area contributed by atoms with Gasteiger partial charge in [0.2, 0.25) is 0 Å². The Bertz CT molecular complexity index is 528. The van der Waals surface area contributed by atoms with Gasteiger partial charge in [0, 0.05) is 12.1 Å². The molecule has 0 aliphatic carbocycles. The predicted octanol–water partition coefficient (Wildman–Crippen LogP) is 3.06. The van der Waals surface area contributed by atoms with Crippen LogP contribution in [0.15, 0.2) is 24.3 Å². The molecule has 21 heavy (non-hydrogen) atoms. The highest BCUT2D eigenvalue weighted by atomic mass is 16.4. The van der Waals surface area contributed by atoms with Crippen LogP contribution < -0.4 is 0 Å². The minimum Gasteiger partial charge on any atom is -0.480 e.